The van der Waals surface area contributed by atoms with E-state index in [2.05, 4.69) is 14.9 Å². The Kier molecular flexibility index (Phi) is 4.22. The number of halogens is 1. The van der Waals surface area contributed by atoms with Gasteiger partial charge in [-0.05, 0) is 54.1 Å². The zero-order valence-corrected chi connectivity index (χ0v) is 14.9. The highest BCUT2D eigenvalue weighted by atomic mass is 35.5. The predicted octanol–water partition coefficient (Wildman–Crippen LogP) is 3.95. The van der Waals surface area contributed by atoms with E-state index in [9.17, 15) is 4.79 Å². The fraction of sp³-hybridized carbons (Fsp3) is 0.100. The first kappa shape index (κ1) is 16.4. The van der Waals surface area contributed by atoms with Crippen LogP contribution in [0.15, 0.2) is 66.9 Å². The van der Waals surface area contributed by atoms with Gasteiger partial charge in [0.1, 0.15) is 0 Å². The summed E-state index contributed by atoms with van der Waals surface area (Å²) in [5, 5.41) is 3.37. The van der Waals surface area contributed by atoms with Crippen molar-refractivity contribution < 1.29 is 4.79 Å². The van der Waals surface area contributed by atoms with E-state index in [1.165, 1.54) is 0 Å². The van der Waals surface area contributed by atoms with Crippen molar-refractivity contribution in [3.63, 3.8) is 0 Å². The van der Waals surface area contributed by atoms with E-state index in [4.69, 9.17) is 11.6 Å². The molecular weight excluding hydrogens is 348 g/mol. The van der Waals surface area contributed by atoms with E-state index in [0.717, 1.165) is 16.9 Å². The lowest BCUT2D eigenvalue weighted by Gasteiger charge is -2.10. The summed E-state index contributed by atoms with van der Waals surface area (Å²) in [6.45, 7) is 0.432. The standard InChI is InChI=1S/C20H17ClN4O/c1-24-18-10-9-14(12-17(18)23-20(24)21)19(26)22-13-16-8-5-11-25(16)15-6-3-2-4-7-15/h2-12H,13H2,1H3,(H,22,26). The number of benzene rings is 2. The SMILES string of the molecule is Cn1c(Cl)nc2cc(C(=O)NCc3cccn3-c3ccccc3)ccc21. The Morgan fingerprint density at radius 2 is 1.92 bits per heavy atom. The summed E-state index contributed by atoms with van der Waals surface area (Å²) in [5.41, 5.74) is 4.23. The van der Waals surface area contributed by atoms with Gasteiger partial charge in [0.2, 0.25) is 5.28 Å². The Morgan fingerprint density at radius 1 is 1.12 bits per heavy atom. The number of para-hydroxylation sites is 1. The van der Waals surface area contributed by atoms with Crippen molar-refractivity contribution in [3.8, 4) is 5.69 Å². The van der Waals surface area contributed by atoms with Gasteiger partial charge in [-0.3, -0.25) is 4.79 Å². The third kappa shape index (κ3) is 2.97. The minimum Gasteiger partial charge on any atom is -0.346 e. The molecule has 0 spiro atoms. The van der Waals surface area contributed by atoms with E-state index >= 15 is 0 Å². The molecule has 0 bridgehead atoms. The molecule has 0 aliphatic rings. The minimum absolute atomic E-state index is 0.144. The van der Waals surface area contributed by atoms with Crippen LogP contribution in [0.25, 0.3) is 16.7 Å². The van der Waals surface area contributed by atoms with E-state index in [0.29, 0.717) is 22.9 Å². The van der Waals surface area contributed by atoms with E-state index < -0.39 is 0 Å². The van der Waals surface area contributed by atoms with Crippen molar-refractivity contribution in [3.05, 3.63) is 83.4 Å². The molecule has 5 nitrogen and oxygen atoms in total. The summed E-state index contributed by atoms with van der Waals surface area (Å²) in [4.78, 5) is 16.8. The first-order chi connectivity index (χ1) is 12.6. The van der Waals surface area contributed by atoms with Crippen LogP contribution >= 0.6 is 11.6 Å². The first-order valence-electron chi connectivity index (χ1n) is 8.25. The number of fused-ring (bicyclic) bond motifs is 1. The molecule has 130 valence electrons. The molecule has 0 radical (unpaired) electrons. The van der Waals surface area contributed by atoms with Gasteiger partial charge in [-0.25, -0.2) is 4.98 Å². The molecule has 6 heteroatoms. The second kappa shape index (κ2) is 6.69. The average molecular weight is 365 g/mol. The molecule has 0 fully saturated rings. The number of aryl methyl sites for hydroxylation is 1. The summed E-state index contributed by atoms with van der Waals surface area (Å²) in [6.07, 6.45) is 1.98. The van der Waals surface area contributed by atoms with E-state index in [1.54, 1.807) is 16.7 Å². The van der Waals surface area contributed by atoms with Gasteiger partial charge in [-0.1, -0.05) is 18.2 Å². The van der Waals surface area contributed by atoms with Crippen molar-refractivity contribution in [2.75, 3.05) is 0 Å². The number of hydrogen-bond donors (Lipinski definition) is 1. The van der Waals surface area contributed by atoms with Crippen molar-refractivity contribution in [1.29, 1.82) is 0 Å². The van der Waals surface area contributed by atoms with Crippen LogP contribution in [-0.4, -0.2) is 20.0 Å². The number of aromatic nitrogens is 3. The third-order valence-corrected chi connectivity index (χ3v) is 4.72. The predicted molar refractivity (Wildman–Crippen MR) is 103 cm³/mol. The first-order valence-corrected chi connectivity index (χ1v) is 8.63. The number of rotatable bonds is 4. The van der Waals surface area contributed by atoms with Gasteiger partial charge >= 0.3 is 0 Å². The number of nitrogens with one attached hydrogen (secondary N) is 1. The van der Waals surface area contributed by atoms with Gasteiger partial charge in [-0.2, -0.15) is 0 Å². The van der Waals surface area contributed by atoms with Gasteiger partial charge in [0.15, 0.2) is 0 Å². The maximum absolute atomic E-state index is 12.5. The van der Waals surface area contributed by atoms with Crippen molar-refractivity contribution in [1.82, 2.24) is 19.4 Å². The van der Waals surface area contributed by atoms with Gasteiger partial charge in [0.25, 0.3) is 5.91 Å². The fourth-order valence-electron chi connectivity index (χ4n) is 2.99. The third-order valence-electron chi connectivity index (χ3n) is 4.39. The van der Waals surface area contributed by atoms with Crippen LogP contribution in [0.2, 0.25) is 5.28 Å². The number of nitrogens with zero attached hydrogens (tertiary/aromatic N) is 3. The molecule has 0 saturated heterocycles. The number of imidazole rings is 1. The molecule has 0 aliphatic heterocycles. The van der Waals surface area contributed by atoms with Gasteiger partial charge in [-0.15, -0.1) is 0 Å². The van der Waals surface area contributed by atoms with Gasteiger partial charge in [0, 0.05) is 30.2 Å². The maximum Gasteiger partial charge on any atom is 0.251 e. The van der Waals surface area contributed by atoms with Crippen LogP contribution in [-0.2, 0) is 13.6 Å². The molecule has 1 N–H and O–H groups in total. The molecule has 0 aliphatic carbocycles. The highest BCUT2D eigenvalue weighted by Crippen LogP contribution is 2.19. The van der Waals surface area contributed by atoms with E-state index in [1.807, 2.05) is 61.8 Å². The second-order valence-electron chi connectivity index (χ2n) is 6.03. The zero-order valence-electron chi connectivity index (χ0n) is 14.2. The Labute approximate surface area is 155 Å². The second-order valence-corrected chi connectivity index (χ2v) is 6.37. The van der Waals surface area contributed by atoms with Crippen LogP contribution in [0, 0.1) is 0 Å². The number of carbonyl (C=O) groups excluding carboxylic acids is 1. The van der Waals surface area contributed by atoms with Crippen LogP contribution in [0.3, 0.4) is 0 Å². The highest BCUT2D eigenvalue weighted by Gasteiger charge is 2.11. The Hall–Kier alpha value is -3.05. The van der Waals surface area contributed by atoms with Crippen molar-refractivity contribution >= 4 is 28.5 Å². The molecule has 2 aromatic heterocycles. The molecule has 2 aromatic carbocycles. The summed E-state index contributed by atoms with van der Waals surface area (Å²) in [5.74, 6) is -0.144. The quantitative estimate of drug-likeness (QED) is 0.596. The molecule has 26 heavy (non-hydrogen) atoms. The number of carbonyl (C=O) groups is 1. The normalized spacial score (nSPS) is 11.0. The summed E-state index contributed by atoms with van der Waals surface area (Å²) < 4.78 is 3.84. The lowest BCUT2D eigenvalue weighted by Crippen LogP contribution is -2.24. The Balaban J connectivity index is 1.52. The van der Waals surface area contributed by atoms with Crippen LogP contribution in [0.4, 0.5) is 0 Å². The molecule has 0 saturated carbocycles. The topological polar surface area (TPSA) is 51.9 Å². The van der Waals surface area contributed by atoms with Crippen LogP contribution in [0.5, 0.6) is 0 Å². The lowest BCUT2D eigenvalue weighted by atomic mass is 10.2. The molecule has 1 amide bonds. The molecule has 4 rings (SSSR count). The summed E-state index contributed by atoms with van der Waals surface area (Å²) in [6, 6.07) is 19.4. The Bertz CT molecular complexity index is 1080. The largest absolute Gasteiger partial charge is 0.346 e. The van der Waals surface area contributed by atoms with E-state index in [-0.39, 0.29) is 5.91 Å². The smallest absolute Gasteiger partial charge is 0.251 e. The minimum atomic E-state index is -0.144. The summed E-state index contributed by atoms with van der Waals surface area (Å²) in [7, 11) is 1.84. The molecule has 2 heterocycles. The average Bonchev–Trinajstić information content (AvgIpc) is 3.25. The van der Waals surface area contributed by atoms with Gasteiger partial charge in [0.05, 0.1) is 17.6 Å². The molecule has 0 atom stereocenters. The molecule has 0 unspecified atom stereocenters. The summed E-state index contributed by atoms with van der Waals surface area (Å²) >= 11 is 6.04. The highest BCUT2D eigenvalue weighted by molar-refractivity contribution is 6.29. The van der Waals surface area contributed by atoms with Gasteiger partial charge < -0.3 is 14.5 Å². The molecule has 4 aromatic rings. The Morgan fingerprint density at radius 3 is 2.73 bits per heavy atom. The maximum atomic E-state index is 12.5. The fourth-order valence-corrected chi connectivity index (χ4v) is 3.17. The van der Waals surface area contributed by atoms with Crippen molar-refractivity contribution in [2.24, 2.45) is 7.05 Å². The number of hydrogen-bond acceptors (Lipinski definition) is 2. The zero-order chi connectivity index (χ0) is 18.1. The lowest BCUT2D eigenvalue weighted by molar-refractivity contribution is 0.0950. The van der Waals surface area contributed by atoms with Crippen molar-refractivity contribution in [2.45, 2.75) is 6.54 Å². The number of amides is 1. The van der Waals surface area contributed by atoms with Crippen LogP contribution in [0.1, 0.15) is 16.1 Å². The monoisotopic (exact) mass is 364 g/mol. The van der Waals surface area contributed by atoms with Crippen LogP contribution < -0.4 is 5.32 Å². The molecular formula is C20H17ClN4O.